The number of aryl methyl sites for hydroxylation is 1. The van der Waals surface area contributed by atoms with E-state index in [-0.39, 0.29) is 6.03 Å². The predicted octanol–water partition coefficient (Wildman–Crippen LogP) is 3.23. The number of urea groups is 1. The van der Waals surface area contributed by atoms with Gasteiger partial charge in [-0.2, -0.15) is 0 Å². The Balaban J connectivity index is 1.68. The van der Waals surface area contributed by atoms with Gasteiger partial charge in [0, 0.05) is 35.6 Å². The second-order valence-corrected chi connectivity index (χ2v) is 5.71. The normalized spacial score (nSPS) is 10.3. The predicted molar refractivity (Wildman–Crippen MR) is 90.2 cm³/mol. The van der Waals surface area contributed by atoms with Crippen molar-refractivity contribution in [3.8, 4) is 10.6 Å². The zero-order valence-electron chi connectivity index (χ0n) is 12.5. The van der Waals surface area contributed by atoms with E-state index >= 15 is 0 Å². The molecule has 2 heterocycles. The summed E-state index contributed by atoms with van der Waals surface area (Å²) in [6, 6.07) is 7.58. The number of hydrogen-bond acceptors (Lipinski definition) is 5. The summed E-state index contributed by atoms with van der Waals surface area (Å²) in [4.78, 5) is 24.3. The second-order valence-electron chi connectivity index (χ2n) is 4.85. The first-order valence-electron chi connectivity index (χ1n) is 7.03. The van der Waals surface area contributed by atoms with Gasteiger partial charge in [0.1, 0.15) is 5.01 Å². The number of amides is 2. The number of nitrogens with zero attached hydrogens (tertiary/aromatic N) is 3. The minimum absolute atomic E-state index is 0.323. The molecule has 0 aliphatic carbocycles. The molecule has 2 N–H and O–H groups in total. The Bertz CT molecular complexity index is 803. The van der Waals surface area contributed by atoms with E-state index < -0.39 is 0 Å². The molecule has 0 unspecified atom stereocenters. The minimum Gasteiger partial charge on any atom is -0.334 e. The number of carbonyl (C=O) groups is 1. The van der Waals surface area contributed by atoms with Gasteiger partial charge in [-0.25, -0.2) is 14.8 Å². The van der Waals surface area contributed by atoms with E-state index in [4.69, 9.17) is 0 Å². The maximum Gasteiger partial charge on any atom is 0.320 e. The average Bonchev–Trinajstić information content (AvgIpc) is 3.00. The second kappa shape index (κ2) is 6.97. The lowest BCUT2D eigenvalue weighted by atomic mass is 10.1. The van der Waals surface area contributed by atoms with Gasteiger partial charge in [-0.3, -0.25) is 10.3 Å². The summed E-state index contributed by atoms with van der Waals surface area (Å²) in [6.07, 6.45) is 4.57. The van der Waals surface area contributed by atoms with Crippen LogP contribution < -0.4 is 10.6 Å². The van der Waals surface area contributed by atoms with Crippen LogP contribution in [0.1, 0.15) is 11.3 Å². The van der Waals surface area contributed by atoms with E-state index in [1.807, 2.05) is 36.6 Å². The molecule has 0 saturated carbocycles. The van der Waals surface area contributed by atoms with Crippen molar-refractivity contribution in [3.63, 3.8) is 0 Å². The third kappa shape index (κ3) is 3.89. The molecule has 23 heavy (non-hydrogen) atoms. The van der Waals surface area contributed by atoms with Gasteiger partial charge >= 0.3 is 6.03 Å². The van der Waals surface area contributed by atoms with Crippen LogP contribution in [0.4, 0.5) is 10.6 Å². The molecule has 0 fully saturated rings. The van der Waals surface area contributed by atoms with Gasteiger partial charge in [0.15, 0.2) is 5.82 Å². The Labute approximate surface area is 137 Å². The average molecular weight is 325 g/mol. The van der Waals surface area contributed by atoms with Crippen molar-refractivity contribution in [1.82, 2.24) is 20.3 Å². The van der Waals surface area contributed by atoms with Crippen molar-refractivity contribution >= 4 is 23.2 Å². The molecule has 7 heteroatoms. The van der Waals surface area contributed by atoms with Crippen molar-refractivity contribution in [2.24, 2.45) is 0 Å². The van der Waals surface area contributed by atoms with Crippen molar-refractivity contribution in [2.75, 3.05) is 5.32 Å². The minimum atomic E-state index is -0.323. The molecule has 0 aliphatic rings. The van der Waals surface area contributed by atoms with Crippen molar-refractivity contribution in [1.29, 1.82) is 0 Å². The summed E-state index contributed by atoms with van der Waals surface area (Å²) in [5.74, 6) is 0.411. The molecule has 3 rings (SSSR count). The summed E-state index contributed by atoms with van der Waals surface area (Å²) in [5.41, 5.74) is 3.04. The van der Waals surface area contributed by atoms with Crippen molar-refractivity contribution in [3.05, 3.63) is 59.5 Å². The molecule has 2 amide bonds. The van der Waals surface area contributed by atoms with Crippen molar-refractivity contribution < 1.29 is 4.79 Å². The lowest BCUT2D eigenvalue weighted by molar-refractivity contribution is 0.251. The third-order valence-electron chi connectivity index (χ3n) is 3.11. The molecule has 0 spiro atoms. The Morgan fingerprint density at radius 2 is 2.13 bits per heavy atom. The van der Waals surface area contributed by atoms with Gasteiger partial charge in [-0.1, -0.05) is 24.3 Å². The van der Waals surface area contributed by atoms with E-state index in [1.54, 1.807) is 17.5 Å². The highest BCUT2D eigenvalue weighted by molar-refractivity contribution is 7.13. The summed E-state index contributed by atoms with van der Waals surface area (Å²) >= 11 is 1.60. The molecule has 3 aromatic rings. The van der Waals surface area contributed by atoms with E-state index in [0.29, 0.717) is 12.4 Å². The number of rotatable bonds is 4. The number of anilines is 1. The highest BCUT2D eigenvalue weighted by Crippen LogP contribution is 2.26. The first-order chi connectivity index (χ1) is 11.2. The Morgan fingerprint density at radius 3 is 2.87 bits per heavy atom. The number of nitrogens with one attached hydrogen (secondary N) is 2. The van der Waals surface area contributed by atoms with Crippen LogP contribution in [0, 0.1) is 6.92 Å². The van der Waals surface area contributed by atoms with Crippen LogP contribution in [0.2, 0.25) is 0 Å². The van der Waals surface area contributed by atoms with E-state index in [0.717, 1.165) is 21.8 Å². The number of benzene rings is 1. The monoisotopic (exact) mass is 325 g/mol. The van der Waals surface area contributed by atoms with Gasteiger partial charge < -0.3 is 5.32 Å². The molecule has 0 bridgehead atoms. The van der Waals surface area contributed by atoms with E-state index in [2.05, 4.69) is 25.6 Å². The highest BCUT2D eigenvalue weighted by atomic mass is 32.1. The Morgan fingerprint density at radius 1 is 1.26 bits per heavy atom. The molecule has 0 radical (unpaired) electrons. The zero-order valence-corrected chi connectivity index (χ0v) is 13.3. The van der Waals surface area contributed by atoms with Crippen LogP contribution in [-0.4, -0.2) is 21.0 Å². The molecule has 0 atom stereocenters. The van der Waals surface area contributed by atoms with Gasteiger partial charge in [0.2, 0.25) is 0 Å². The SMILES string of the molecule is Cc1csc(-c2ccccc2CNC(=O)Nc2cnccn2)n1. The summed E-state index contributed by atoms with van der Waals surface area (Å²) in [5, 5.41) is 8.43. The van der Waals surface area contributed by atoms with Crippen molar-refractivity contribution in [2.45, 2.75) is 13.5 Å². The Hall–Kier alpha value is -2.80. The smallest absolute Gasteiger partial charge is 0.320 e. The summed E-state index contributed by atoms with van der Waals surface area (Å²) in [6.45, 7) is 2.37. The van der Waals surface area contributed by atoms with Gasteiger partial charge in [-0.05, 0) is 12.5 Å². The van der Waals surface area contributed by atoms with Crippen LogP contribution in [-0.2, 0) is 6.54 Å². The van der Waals surface area contributed by atoms with Crippen LogP contribution in [0.25, 0.3) is 10.6 Å². The first kappa shape index (κ1) is 15.1. The largest absolute Gasteiger partial charge is 0.334 e. The maximum absolute atomic E-state index is 11.9. The number of aromatic nitrogens is 3. The summed E-state index contributed by atoms with van der Waals surface area (Å²) in [7, 11) is 0. The fraction of sp³-hybridized carbons (Fsp3) is 0.125. The lowest BCUT2D eigenvalue weighted by Gasteiger charge is -2.09. The van der Waals surface area contributed by atoms with E-state index in [9.17, 15) is 4.79 Å². The van der Waals surface area contributed by atoms with Crippen LogP contribution in [0.15, 0.2) is 48.2 Å². The van der Waals surface area contributed by atoms with Gasteiger partial charge in [-0.15, -0.1) is 11.3 Å². The number of hydrogen-bond donors (Lipinski definition) is 2. The highest BCUT2D eigenvalue weighted by Gasteiger charge is 2.09. The number of thiazole rings is 1. The van der Waals surface area contributed by atoms with Crippen LogP contribution in [0.3, 0.4) is 0 Å². The van der Waals surface area contributed by atoms with Crippen LogP contribution >= 0.6 is 11.3 Å². The lowest BCUT2D eigenvalue weighted by Crippen LogP contribution is -2.28. The molecular formula is C16H15N5OS. The Kier molecular flexibility index (Phi) is 4.58. The molecule has 2 aromatic heterocycles. The fourth-order valence-corrected chi connectivity index (χ4v) is 2.92. The summed E-state index contributed by atoms with van der Waals surface area (Å²) < 4.78 is 0. The topological polar surface area (TPSA) is 79.8 Å². The molecular weight excluding hydrogens is 310 g/mol. The molecule has 1 aromatic carbocycles. The molecule has 0 aliphatic heterocycles. The molecule has 6 nitrogen and oxygen atoms in total. The van der Waals surface area contributed by atoms with E-state index in [1.165, 1.54) is 12.4 Å². The third-order valence-corrected chi connectivity index (χ3v) is 4.10. The van der Waals surface area contributed by atoms with Gasteiger partial charge in [0.05, 0.1) is 6.20 Å². The van der Waals surface area contributed by atoms with Gasteiger partial charge in [0.25, 0.3) is 0 Å². The number of carbonyl (C=O) groups excluding carboxylic acids is 1. The molecule has 0 saturated heterocycles. The zero-order chi connectivity index (χ0) is 16.1. The maximum atomic E-state index is 11.9. The quantitative estimate of drug-likeness (QED) is 0.772. The van der Waals surface area contributed by atoms with Crippen LogP contribution in [0.5, 0.6) is 0 Å². The fourth-order valence-electron chi connectivity index (χ4n) is 2.06. The standard InChI is InChI=1S/C16H15N5OS/c1-11-10-23-15(20-11)13-5-3-2-4-12(13)8-19-16(22)21-14-9-17-6-7-18-14/h2-7,9-10H,8H2,1H3,(H2,18,19,21,22). The first-order valence-corrected chi connectivity index (χ1v) is 7.91. The molecule has 116 valence electrons.